The first-order valence-electron chi connectivity index (χ1n) is 17.1. The van der Waals surface area contributed by atoms with E-state index in [1.54, 1.807) is 0 Å². The lowest BCUT2D eigenvalue weighted by atomic mass is 9.84. The Morgan fingerprint density at radius 3 is 1.44 bits per heavy atom. The van der Waals surface area contributed by atoms with Gasteiger partial charge in [0.2, 0.25) is 0 Å². The van der Waals surface area contributed by atoms with Crippen LogP contribution < -0.4 is 0 Å². The Hall–Kier alpha value is -6.64. The van der Waals surface area contributed by atoms with Crippen LogP contribution in [0.4, 0.5) is 0 Å². The molecule has 9 aromatic carbocycles. The van der Waals surface area contributed by atoms with Crippen molar-refractivity contribution in [2.45, 2.75) is 0 Å². The zero-order chi connectivity index (χ0) is 32.8. The van der Waals surface area contributed by atoms with Gasteiger partial charge < -0.3 is 8.83 Å². The highest BCUT2D eigenvalue weighted by Gasteiger charge is 2.21. The summed E-state index contributed by atoms with van der Waals surface area (Å²) in [6, 6.07) is 60.9. The van der Waals surface area contributed by atoms with E-state index in [9.17, 15) is 0 Å². The number of furan rings is 2. The van der Waals surface area contributed by atoms with Gasteiger partial charge in [0, 0.05) is 21.5 Å². The Kier molecular flexibility index (Phi) is 5.70. The van der Waals surface area contributed by atoms with Crippen molar-refractivity contribution in [3.63, 3.8) is 0 Å². The summed E-state index contributed by atoms with van der Waals surface area (Å²) in [6.45, 7) is 0. The average Bonchev–Trinajstić information content (AvgIpc) is 3.74. The van der Waals surface area contributed by atoms with Crippen molar-refractivity contribution < 1.29 is 8.83 Å². The monoisotopic (exact) mass is 636 g/mol. The smallest absolute Gasteiger partial charge is 0.136 e. The molecule has 0 spiro atoms. The normalized spacial score (nSPS) is 12.0. The Morgan fingerprint density at radius 2 is 0.760 bits per heavy atom. The molecule has 0 N–H and O–H groups in total. The minimum absolute atomic E-state index is 0.868. The van der Waals surface area contributed by atoms with Crippen molar-refractivity contribution in [3.8, 4) is 33.4 Å². The molecular weight excluding hydrogens is 609 g/mol. The van der Waals surface area contributed by atoms with Gasteiger partial charge in [-0.2, -0.15) is 0 Å². The van der Waals surface area contributed by atoms with Gasteiger partial charge in [0.25, 0.3) is 0 Å². The van der Waals surface area contributed by atoms with Crippen molar-refractivity contribution in [2.24, 2.45) is 0 Å². The molecule has 0 aliphatic rings. The summed E-state index contributed by atoms with van der Waals surface area (Å²) in [6.07, 6.45) is 0. The molecule has 50 heavy (non-hydrogen) atoms. The molecule has 0 fully saturated rings. The summed E-state index contributed by atoms with van der Waals surface area (Å²) < 4.78 is 12.8. The molecule has 0 aliphatic heterocycles. The van der Waals surface area contributed by atoms with Crippen LogP contribution in [-0.4, -0.2) is 0 Å². The Labute approximate surface area is 287 Å². The van der Waals surface area contributed by atoms with Gasteiger partial charge in [-0.25, -0.2) is 0 Å². The van der Waals surface area contributed by atoms with Crippen molar-refractivity contribution in [2.75, 3.05) is 0 Å². The third-order valence-corrected chi connectivity index (χ3v) is 10.5. The molecule has 0 bridgehead atoms. The van der Waals surface area contributed by atoms with Crippen LogP contribution in [0.1, 0.15) is 0 Å². The summed E-state index contributed by atoms with van der Waals surface area (Å²) in [5, 5.41) is 11.8. The van der Waals surface area contributed by atoms with Crippen LogP contribution in [0.5, 0.6) is 0 Å². The molecule has 2 nitrogen and oxygen atoms in total. The molecule has 11 aromatic rings. The van der Waals surface area contributed by atoms with Crippen molar-refractivity contribution >= 4 is 76.2 Å². The van der Waals surface area contributed by atoms with Crippen LogP contribution in [0, 0.1) is 0 Å². The summed E-state index contributed by atoms with van der Waals surface area (Å²) in [7, 11) is 0. The summed E-state index contributed by atoms with van der Waals surface area (Å²) in [5.74, 6) is 0. The molecule has 0 unspecified atom stereocenters. The van der Waals surface area contributed by atoms with Gasteiger partial charge in [0.05, 0.1) is 0 Å². The molecular formula is C48H28O2. The molecule has 232 valence electrons. The lowest BCUT2D eigenvalue weighted by Crippen LogP contribution is -1.92. The quantitative estimate of drug-likeness (QED) is 0.180. The first kappa shape index (κ1) is 27.3. The number of fused-ring (bicyclic) bond motifs is 10. The third-order valence-electron chi connectivity index (χ3n) is 10.5. The molecule has 2 heterocycles. The Bertz CT molecular complexity index is 3080. The van der Waals surface area contributed by atoms with Crippen molar-refractivity contribution in [3.05, 3.63) is 170 Å². The van der Waals surface area contributed by atoms with Crippen molar-refractivity contribution in [1.82, 2.24) is 0 Å². The van der Waals surface area contributed by atoms with E-state index in [0.29, 0.717) is 0 Å². The molecule has 2 aromatic heterocycles. The molecule has 0 aliphatic carbocycles. The van der Waals surface area contributed by atoms with E-state index in [0.717, 1.165) is 49.4 Å². The first-order valence-corrected chi connectivity index (χ1v) is 17.1. The minimum Gasteiger partial charge on any atom is -0.456 e. The zero-order valence-electron chi connectivity index (χ0n) is 27.0. The Balaban J connectivity index is 1.19. The maximum absolute atomic E-state index is 6.61. The number of benzene rings is 9. The molecule has 0 amide bonds. The van der Waals surface area contributed by atoms with Crippen LogP contribution >= 0.6 is 0 Å². The van der Waals surface area contributed by atoms with Crippen LogP contribution in [0.2, 0.25) is 0 Å². The molecule has 11 rings (SSSR count). The largest absolute Gasteiger partial charge is 0.456 e. The van der Waals surface area contributed by atoms with E-state index in [1.807, 2.05) is 24.3 Å². The highest BCUT2D eigenvalue weighted by molar-refractivity contribution is 6.27. The number of para-hydroxylation sites is 1. The van der Waals surface area contributed by atoms with Crippen LogP contribution in [0.15, 0.2) is 179 Å². The maximum atomic E-state index is 6.61. The first-order chi connectivity index (χ1) is 24.8. The summed E-state index contributed by atoms with van der Waals surface area (Å²) in [4.78, 5) is 0. The van der Waals surface area contributed by atoms with Crippen LogP contribution in [0.25, 0.3) is 110 Å². The van der Waals surface area contributed by atoms with E-state index >= 15 is 0 Å². The van der Waals surface area contributed by atoms with Crippen LogP contribution in [0.3, 0.4) is 0 Å². The molecule has 0 radical (unpaired) electrons. The van der Waals surface area contributed by atoms with Gasteiger partial charge in [0.1, 0.15) is 22.3 Å². The standard InChI is InChI=1S/C48H28O2/c1-2-12-29(13-3-1)31-19-10-21-33-32(31)20-11-22-34(33)46-37-16-6-4-14-35(37)45(36-15-5-7-17-38(36)46)30-24-25-40-44(28-30)50-43-27-26-42-47(48(40)43)39-18-8-9-23-41(39)49-42/h1-28H. The summed E-state index contributed by atoms with van der Waals surface area (Å²) >= 11 is 0. The fraction of sp³-hybridized carbons (Fsp3) is 0. The Morgan fingerprint density at radius 1 is 0.260 bits per heavy atom. The molecule has 0 saturated heterocycles. The highest BCUT2D eigenvalue weighted by atomic mass is 16.3. The number of hydrogen-bond acceptors (Lipinski definition) is 2. The SMILES string of the molecule is c1ccc(-c2cccc3c(-c4c5ccccc5c(-c5ccc6c(c5)oc5ccc7oc8ccccc8c7c56)c5ccccc45)cccc23)cc1. The number of hydrogen-bond donors (Lipinski definition) is 0. The minimum atomic E-state index is 0.868. The predicted octanol–water partition coefficient (Wildman–Crippen LogP) is 13.9. The zero-order valence-corrected chi connectivity index (χ0v) is 27.0. The second-order valence-electron chi connectivity index (χ2n) is 13.1. The fourth-order valence-corrected chi connectivity index (χ4v) is 8.36. The van der Waals surface area contributed by atoms with Gasteiger partial charge >= 0.3 is 0 Å². The van der Waals surface area contributed by atoms with E-state index in [-0.39, 0.29) is 0 Å². The average molecular weight is 637 g/mol. The van der Waals surface area contributed by atoms with Gasteiger partial charge in [0.15, 0.2) is 0 Å². The molecule has 0 saturated carbocycles. The van der Waals surface area contributed by atoms with Gasteiger partial charge in [-0.15, -0.1) is 0 Å². The van der Waals surface area contributed by atoms with E-state index in [1.165, 1.54) is 60.1 Å². The third kappa shape index (κ3) is 3.85. The van der Waals surface area contributed by atoms with Gasteiger partial charge in [-0.05, 0) is 96.0 Å². The van der Waals surface area contributed by atoms with Crippen LogP contribution in [-0.2, 0) is 0 Å². The summed E-state index contributed by atoms with van der Waals surface area (Å²) in [5.41, 5.74) is 10.8. The van der Waals surface area contributed by atoms with E-state index < -0.39 is 0 Å². The fourth-order valence-electron chi connectivity index (χ4n) is 8.36. The molecule has 2 heteroatoms. The predicted molar refractivity (Wildman–Crippen MR) is 210 cm³/mol. The lowest BCUT2D eigenvalue weighted by Gasteiger charge is -2.19. The maximum Gasteiger partial charge on any atom is 0.136 e. The van der Waals surface area contributed by atoms with Crippen molar-refractivity contribution in [1.29, 1.82) is 0 Å². The van der Waals surface area contributed by atoms with Gasteiger partial charge in [-0.3, -0.25) is 0 Å². The topological polar surface area (TPSA) is 26.3 Å². The number of rotatable bonds is 3. The van der Waals surface area contributed by atoms with Gasteiger partial charge in [-0.1, -0.05) is 140 Å². The molecule has 0 atom stereocenters. The second kappa shape index (κ2) is 10.4. The lowest BCUT2D eigenvalue weighted by molar-refractivity contribution is 0.663. The van der Waals surface area contributed by atoms with E-state index in [4.69, 9.17) is 8.83 Å². The second-order valence-corrected chi connectivity index (χ2v) is 13.1. The van der Waals surface area contributed by atoms with E-state index in [2.05, 4.69) is 146 Å². The highest BCUT2D eigenvalue weighted by Crippen LogP contribution is 2.47.